The van der Waals surface area contributed by atoms with E-state index in [9.17, 15) is 0 Å². The summed E-state index contributed by atoms with van der Waals surface area (Å²) in [6, 6.07) is 8.78. The Kier molecular flexibility index (Phi) is 2.47. The van der Waals surface area contributed by atoms with Crippen molar-refractivity contribution in [1.29, 1.82) is 0 Å². The Labute approximate surface area is 96.9 Å². The third kappa shape index (κ3) is 1.55. The predicted molar refractivity (Wildman–Crippen MR) is 68.9 cm³/mol. The highest BCUT2D eigenvalue weighted by molar-refractivity contribution is 5.88. The van der Waals surface area contributed by atoms with Crippen LogP contribution in [0.2, 0.25) is 0 Å². The molecule has 0 atom stereocenters. The molecule has 1 aromatic heterocycles. The predicted octanol–water partition coefficient (Wildman–Crippen LogP) is 4.52. The minimum atomic E-state index is 0.771. The van der Waals surface area contributed by atoms with Gasteiger partial charge < -0.3 is 4.98 Å². The number of benzene rings is 1. The molecule has 1 N–H and O–H groups in total. The van der Waals surface area contributed by atoms with Crippen molar-refractivity contribution in [3.8, 4) is 0 Å². The molecule has 1 nitrogen and oxygen atoms in total. The second kappa shape index (κ2) is 3.97. The van der Waals surface area contributed by atoms with Crippen LogP contribution < -0.4 is 0 Å². The van der Waals surface area contributed by atoms with Crippen LogP contribution in [0.15, 0.2) is 24.3 Å². The zero-order chi connectivity index (χ0) is 11.0. The van der Waals surface area contributed by atoms with Gasteiger partial charge in [-0.05, 0) is 25.7 Å². The van der Waals surface area contributed by atoms with E-state index in [1.807, 2.05) is 0 Å². The number of aromatic nitrogens is 1. The molecule has 0 radical (unpaired) electrons. The summed E-state index contributed by atoms with van der Waals surface area (Å²) >= 11 is 0. The molecule has 84 valence electrons. The first-order valence-corrected chi connectivity index (χ1v) is 6.43. The maximum absolute atomic E-state index is 3.62. The van der Waals surface area contributed by atoms with Gasteiger partial charge in [0.15, 0.2) is 0 Å². The van der Waals surface area contributed by atoms with Crippen molar-refractivity contribution in [2.24, 2.45) is 0 Å². The molecular weight excluding hydrogens is 194 g/mol. The van der Waals surface area contributed by atoms with Gasteiger partial charge >= 0.3 is 0 Å². The standard InChI is InChI=1S/C15H19N/c1-11-13-9-5-6-10-14(13)15(16-11)12-7-3-2-4-8-12/h5-6,9-10,12,16H,2-4,7-8H2,1H3. The van der Waals surface area contributed by atoms with Crippen molar-refractivity contribution in [3.63, 3.8) is 0 Å². The Hall–Kier alpha value is -1.24. The summed E-state index contributed by atoms with van der Waals surface area (Å²) in [6.45, 7) is 2.19. The van der Waals surface area contributed by atoms with E-state index in [0.29, 0.717) is 0 Å². The molecule has 1 fully saturated rings. The number of rotatable bonds is 1. The molecule has 0 unspecified atom stereocenters. The van der Waals surface area contributed by atoms with Crippen molar-refractivity contribution in [2.75, 3.05) is 0 Å². The van der Waals surface area contributed by atoms with Crippen LogP contribution >= 0.6 is 0 Å². The summed E-state index contributed by atoms with van der Waals surface area (Å²) < 4.78 is 0. The van der Waals surface area contributed by atoms with Gasteiger partial charge in [-0.1, -0.05) is 43.5 Å². The lowest BCUT2D eigenvalue weighted by molar-refractivity contribution is 0.439. The number of fused-ring (bicyclic) bond motifs is 1. The van der Waals surface area contributed by atoms with E-state index in [2.05, 4.69) is 36.2 Å². The fourth-order valence-electron chi connectivity index (χ4n) is 3.09. The molecule has 1 aliphatic rings. The monoisotopic (exact) mass is 213 g/mol. The molecule has 1 saturated carbocycles. The van der Waals surface area contributed by atoms with Gasteiger partial charge in [0.25, 0.3) is 0 Å². The van der Waals surface area contributed by atoms with Gasteiger partial charge in [0, 0.05) is 22.2 Å². The number of H-pyrrole nitrogens is 1. The summed E-state index contributed by atoms with van der Waals surface area (Å²) in [5.74, 6) is 0.771. The number of hydrogen-bond donors (Lipinski definition) is 1. The fraction of sp³-hybridized carbons (Fsp3) is 0.467. The lowest BCUT2D eigenvalue weighted by Crippen LogP contribution is -2.05. The van der Waals surface area contributed by atoms with Crippen molar-refractivity contribution in [3.05, 3.63) is 35.7 Å². The SMILES string of the molecule is Cc1[nH]c(C2CCCCC2)c2ccccc12. The molecule has 0 saturated heterocycles. The summed E-state index contributed by atoms with van der Waals surface area (Å²) in [5.41, 5.74) is 2.82. The Balaban J connectivity index is 2.08. The lowest BCUT2D eigenvalue weighted by atomic mass is 9.86. The molecule has 1 aromatic carbocycles. The van der Waals surface area contributed by atoms with Gasteiger partial charge in [-0.3, -0.25) is 0 Å². The third-order valence-corrected chi connectivity index (χ3v) is 3.96. The smallest absolute Gasteiger partial charge is 0.0260 e. The van der Waals surface area contributed by atoms with Crippen LogP contribution in [0.4, 0.5) is 0 Å². The molecule has 1 heteroatoms. The van der Waals surface area contributed by atoms with Crippen LogP contribution in [-0.4, -0.2) is 4.98 Å². The minimum absolute atomic E-state index is 0.771. The quantitative estimate of drug-likeness (QED) is 0.716. The highest BCUT2D eigenvalue weighted by Crippen LogP contribution is 2.36. The number of aromatic amines is 1. The van der Waals surface area contributed by atoms with Crippen molar-refractivity contribution >= 4 is 10.8 Å². The van der Waals surface area contributed by atoms with Gasteiger partial charge in [-0.2, -0.15) is 0 Å². The lowest BCUT2D eigenvalue weighted by Gasteiger charge is -2.21. The van der Waals surface area contributed by atoms with Crippen LogP contribution in [0.3, 0.4) is 0 Å². The zero-order valence-electron chi connectivity index (χ0n) is 9.92. The molecule has 0 aliphatic heterocycles. The van der Waals surface area contributed by atoms with Crippen LogP contribution in [0, 0.1) is 6.92 Å². The van der Waals surface area contributed by atoms with E-state index in [1.165, 1.54) is 54.3 Å². The summed E-state index contributed by atoms with van der Waals surface area (Å²) in [4.78, 5) is 3.62. The summed E-state index contributed by atoms with van der Waals surface area (Å²) in [5, 5.41) is 2.86. The zero-order valence-corrected chi connectivity index (χ0v) is 9.92. The summed E-state index contributed by atoms with van der Waals surface area (Å²) in [6.07, 6.45) is 6.95. The van der Waals surface area contributed by atoms with Crippen molar-refractivity contribution < 1.29 is 0 Å². The summed E-state index contributed by atoms with van der Waals surface area (Å²) in [7, 11) is 0. The third-order valence-electron chi connectivity index (χ3n) is 3.96. The molecule has 1 aliphatic carbocycles. The van der Waals surface area contributed by atoms with Gasteiger partial charge in [0.05, 0.1) is 0 Å². The van der Waals surface area contributed by atoms with Crippen LogP contribution in [0.1, 0.15) is 49.4 Å². The highest BCUT2D eigenvalue weighted by atomic mass is 14.7. The molecule has 2 aromatic rings. The average Bonchev–Trinajstić information content (AvgIpc) is 2.69. The van der Waals surface area contributed by atoms with Crippen LogP contribution in [-0.2, 0) is 0 Å². The maximum atomic E-state index is 3.62. The fourth-order valence-corrected chi connectivity index (χ4v) is 3.09. The highest BCUT2D eigenvalue weighted by Gasteiger charge is 2.19. The van der Waals surface area contributed by atoms with E-state index in [4.69, 9.17) is 0 Å². The van der Waals surface area contributed by atoms with E-state index in [-0.39, 0.29) is 0 Å². The Morgan fingerprint density at radius 2 is 1.69 bits per heavy atom. The first-order chi connectivity index (χ1) is 7.86. The number of nitrogens with one attached hydrogen (secondary N) is 1. The second-order valence-corrected chi connectivity index (χ2v) is 5.04. The minimum Gasteiger partial charge on any atom is -0.361 e. The van der Waals surface area contributed by atoms with E-state index in [0.717, 1.165) is 5.92 Å². The normalized spacial score (nSPS) is 18.1. The van der Waals surface area contributed by atoms with Crippen LogP contribution in [0.5, 0.6) is 0 Å². The average molecular weight is 213 g/mol. The van der Waals surface area contributed by atoms with Crippen molar-refractivity contribution in [2.45, 2.75) is 44.9 Å². The molecule has 0 amide bonds. The van der Waals surface area contributed by atoms with E-state index in [1.54, 1.807) is 0 Å². The van der Waals surface area contributed by atoms with E-state index < -0.39 is 0 Å². The number of aryl methyl sites for hydroxylation is 1. The molecule has 1 heterocycles. The van der Waals surface area contributed by atoms with Gasteiger partial charge in [0.1, 0.15) is 0 Å². The van der Waals surface area contributed by atoms with Crippen molar-refractivity contribution in [1.82, 2.24) is 4.98 Å². The Bertz CT molecular complexity index is 489. The number of hydrogen-bond acceptors (Lipinski definition) is 0. The largest absolute Gasteiger partial charge is 0.361 e. The topological polar surface area (TPSA) is 15.8 Å². The van der Waals surface area contributed by atoms with Gasteiger partial charge in [0.2, 0.25) is 0 Å². The maximum Gasteiger partial charge on any atom is 0.0260 e. The second-order valence-electron chi connectivity index (χ2n) is 5.04. The van der Waals surface area contributed by atoms with E-state index >= 15 is 0 Å². The van der Waals surface area contributed by atoms with Gasteiger partial charge in [-0.25, -0.2) is 0 Å². The Morgan fingerprint density at radius 1 is 1.00 bits per heavy atom. The molecule has 16 heavy (non-hydrogen) atoms. The first-order valence-electron chi connectivity index (χ1n) is 6.43. The van der Waals surface area contributed by atoms with Crippen LogP contribution in [0.25, 0.3) is 10.8 Å². The molecular formula is C15H19N. The van der Waals surface area contributed by atoms with Gasteiger partial charge in [-0.15, -0.1) is 0 Å². The molecule has 3 rings (SSSR count). The Morgan fingerprint density at radius 3 is 2.44 bits per heavy atom. The molecule has 0 spiro atoms. The molecule has 0 bridgehead atoms. The first kappa shape index (κ1) is 9.95.